The molecule has 2 aliphatic rings. The van der Waals surface area contributed by atoms with Crippen LogP contribution < -0.4 is 0 Å². The molecule has 0 N–H and O–H groups in total. The van der Waals surface area contributed by atoms with Gasteiger partial charge in [0.1, 0.15) is 0 Å². The Morgan fingerprint density at radius 3 is 2.57 bits per heavy atom. The maximum absolute atomic E-state index is 2.68. The van der Waals surface area contributed by atoms with E-state index in [1.54, 1.807) is 0 Å². The highest BCUT2D eigenvalue weighted by Gasteiger charge is 2.30. The van der Waals surface area contributed by atoms with E-state index in [1.807, 2.05) is 0 Å². The van der Waals surface area contributed by atoms with Crippen molar-refractivity contribution in [3.05, 3.63) is 0 Å². The first kappa shape index (κ1) is 10.4. The van der Waals surface area contributed by atoms with Gasteiger partial charge in [-0.25, -0.2) is 0 Å². The third-order valence-corrected chi connectivity index (χ3v) is 4.09. The van der Waals surface area contributed by atoms with Crippen LogP contribution in [0.3, 0.4) is 0 Å². The molecule has 0 aromatic heterocycles. The quantitative estimate of drug-likeness (QED) is 0.631. The topological polar surface area (TPSA) is 6.48 Å². The summed E-state index contributed by atoms with van der Waals surface area (Å²) in [6.07, 6.45) is 4.29. The highest BCUT2D eigenvalue weighted by Crippen LogP contribution is 2.27. The van der Waals surface area contributed by atoms with Crippen molar-refractivity contribution in [1.29, 1.82) is 0 Å². The van der Waals surface area contributed by atoms with Gasteiger partial charge >= 0.3 is 0 Å². The lowest BCUT2D eigenvalue weighted by Crippen LogP contribution is -2.46. The summed E-state index contributed by atoms with van der Waals surface area (Å²) in [5.74, 6) is 0.965. The molecule has 2 bridgehead atoms. The second kappa shape index (κ2) is 4.19. The molecule has 14 heavy (non-hydrogen) atoms. The summed E-state index contributed by atoms with van der Waals surface area (Å²) in [6.45, 7) is 8.63. The van der Waals surface area contributed by atoms with Crippen molar-refractivity contribution in [2.45, 2.75) is 45.2 Å². The smallest absolute Gasteiger partial charge is 0.0220 e. The summed E-state index contributed by atoms with van der Waals surface area (Å²) in [7, 11) is 2.30. The highest BCUT2D eigenvalue weighted by atomic mass is 15.2. The third-order valence-electron chi connectivity index (χ3n) is 4.09. The van der Waals surface area contributed by atoms with E-state index < -0.39 is 0 Å². The Kier molecular flexibility index (Phi) is 3.13. The molecule has 2 rings (SSSR count). The molecule has 2 fully saturated rings. The van der Waals surface area contributed by atoms with Gasteiger partial charge in [-0.3, -0.25) is 4.90 Å². The van der Waals surface area contributed by atoms with Crippen LogP contribution in [-0.4, -0.2) is 48.6 Å². The van der Waals surface area contributed by atoms with E-state index in [1.165, 1.54) is 38.9 Å². The molecule has 2 heteroatoms. The molecular weight excluding hydrogens is 172 g/mol. The maximum atomic E-state index is 2.68. The van der Waals surface area contributed by atoms with Gasteiger partial charge in [-0.2, -0.15) is 0 Å². The minimum Gasteiger partial charge on any atom is -0.302 e. The van der Waals surface area contributed by atoms with Crippen molar-refractivity contribution in [2.24, 2.45) is 5.92 Å². The van der Waals surface area contributed by atoms with Crippen LogP contribution in [0.25, 0.3) is 0 Å². The summed E-state index contributed by atoms with van der Waals surface area (Å²) in [4.78, 5) is 5.26. The maximum Gasteiger partial charge on any atom is 0.0220 e. The van der Waals surface area contributed by atoms with Crippen LogP contribution in [0.15, 0.2) is 0 Å². The molecule has 0 aliphatic carbocycles. The Labute approximate surface area is 88.3 Å². The van der Waals surface area contributed by atoms with E-state index in [4.69, 9.17) is 0 Å². The van der Waals surface area contributed by atoms with Crippen molar-refractivity contribution in [3.8, 4) is 0 Å². The van der Waals surface area contributed by atoms with E-state index in [2.05, 4.69) is 30.7 Å². The van der Waals surface area contributed by atoms with Gasteiger partial charge in [-0.05, 0) is 52.6 Å². The zero-order valence-corrected chi connectivity index (χ0v) is 9.87. The second-order valence-electron chi connectivity index (χ2n) is 5.41. The van der Waals surface area contributed by atoms with Gasteiger partial charge < -0.3 is 4.90 Å². The van der Waals surface area contributed by atoms with Gasteiger partial charge in [0.25, 0.3) is 0 Å². The fraction of sp³-hybridized carbons (Fsp3) is 1.00. The Morgan fingerprint density at radius 2 is 1.86 bits per heavy atom. The predicted octanol–water partition coefficient (Wildman–Crippen LogP) is 1.81. The van der Waals surface area contributed by atoms with Crippen LogP contribution in [0, 0.1) is 5.92 Å². The molecule has 2 nitrogen and oxygen atoms in total. The molecule has 0 aromatic rings. The molecule has 2 heterocycles. The number of likely N-dealkylation sites (N-methyl/N-ethyl adjacent to an activating group) is 1. The molecule has 2 aliphatic heterocycles. The lowest BCUT2D eigenvalue weighted by atomic mass is 10.0. The first-order valence-electron chi connectivity index (χ1n) is 6.11. The molecule has 0 spiro atoms. The first-order chi connectivity index (χ1) is 6.66. The largest absolute Gasteiger partial charge is 0.302 e. The number of hydrogen-bond donors (Lipinski definition) is 0. The van der Waals surface area contributed by atoms with Crippen molar-refractivity contribution in [2.75, 3.05) is 26.7 Å². The van der Waals surface area contributed by atoms with Crippen LogP contribution in [0.5, 0.6) is 0 Å². The van der Waals surface area contributed by atoms with Crippen LogP contribution >= 0.6 is 0 Å². The molecule has 0 aromatic carbocycles. The highest BCUT2D eigenvalue weighted by molar-refractivity contribution is 4.86. The Morgan fingerprint density at radius 1 is 1.07 bits per heavy atom. The van der Waals surface area contributed by atoms with Crippen molar-refractivity contribution in [1.82, 2.24) is 9.80 Å². The second-order valence-corrected chi connectivity index (χ2v) is 5.41. The fourth-order valence-corrected chi connectivity index (χ4v) is 2.87. The SMILES string of the molecule is CC(C)N1CC2CCC(C1)N(C)CC2. The van der Waals surface area contributed by atoms with Crippen LogP contribution in [0.2, 0.25) is 0 Å². The number of likely N-dealkylation sites (tertiary alicyclic amines) is 2. The van der Waals surface area contributed by atoms with Gasteiger partial charge in [-0.15, -0.1) is 0 Å². The minimum atomic E-state index is 0.726. The number of fused-ring (bicyclic) bond motifs is 3. The van der Waals surface area contributed by atoms with Crippen LogP contribution in [0.1, 0.15) is 33.1 Å². The van der Waals surface area contributed by atoms with E-state index in [9.17, 15) is 0 Å². The molecule has 0 radical (unpaired) electrons. The summed E-state index contributed by atoms with van der Waals surface area (Å²) in [5, 5.41) is 0. The Hall–Kier alpha value is -0.0800. The fourth-order valence-electron chi connectivity index (χ4n) is 2.87. The van der Waals surface area contributed by atoms with Crippen molar-refractivity contribution in [3.63, 3.8) is 0 Å². The minimum absolute atomic E-state index is 0.726. The number of rotatable bonds is 1. The normalized spacial score (nSPS) is 36.0. The van der Waals surface area contributed by atoms with E-state index in [0.29, 0.717) is 0 Å². The lowest BCUT2D eigenvalue weighted by molar-refractivity contribution is 0.118. The summed E-state index contributed by atoms with van der Waals surface area (Å²) >= 11 is 0. The zero-order chi connectivity index (χ0) is 10.1. The summed E-state index contributed by atoms with van der Waals surface area (Å²) in [6, 6.07) is 1.55. The van der Waals surface area contributed by atoms with Gasteiger partial charge in [-0.1, -0.05) is 0 Å². The first-order valence-corrected chi connectivity index (χ1v) is 6.11. The van der Waals surface area contributed by atoms with Gasteiger partial charge in [0.15, 0.2) is 0 Å². The monoisotopic (exact) mass is 196 g/mol. The van der Waals surface area contributed by atoms with Gasteiger partial charge in [0.05, 0.1) is 0 Å². The third kappa shape index (κ3) is 2.12. The van der Waals surface area contributed by atoms with Gasteiger partial charge in [0, 0.05) is 25.2 Å². The van der Waals surface area contributed by atoms with E-state index in [0.717, 1.165) is 18.0 Å². The Bertz CT molecular complexity index is 189. The lowest BCUT2D eigenvalue weighted by Gasteiger charge is -2.36. The summed E-state index contributed by atoms with van der Waals surface area (Å²) < 4.78 is 0. The molecule has 2 atom stereocenters. The molecule has 2 unspecified atom stereocenters. The predicted molar refractivity (Wildman–Crippen MR) is 60.5 cm³/mol. The molecule has 2 saturated heterocycles. The van der Waals surface area contributed by atoms with Crippen molar-refractivity contribution < 1.29 is 0 Å². The average Bonchev–Trinajstić information content (AvgIpc) is 2.42. The van der Waals surface area contributed by atoms with Gasteiger partial charge in [0.2, 0.25) is 0 Å². The molecule has 0 saturated carbocycles. The van der Waals surface area contributed by atoms with Crippen LogP contribution in [-0.2, 0) is 0 Å². The average molecular weight is 196 g/mol. The Balaban J connectivity index is 2.08. The van der Waals surface area contributed by atoms with Crippen molar-refractivity contribution >= 4 is 0 Å². The molecule has 82 valence electrons. The molecular formula is C12H24N2. The summed E-state index contributed by atoms with van der Waals surface area (Å²) in [5.41, 5.74) is 0. The molecule has 0 amide bonds. The zero-order valence-electron chi connectivity index (χ0n) is 9.87. The number of hydrogen-bond acceptors (Lipinski definition) is 2. The van der Waals surface area contributed by atoms with E-state index in [-0.39, 0.29) is 0 Å². The number of nitrogens with zero attached hydrogens (tertiary/aromatic N) is 2. The standard InChI is InChI=1S/C12H24N2/c1-10(2)14-8-11-4-5-12(9-14)13(3)7-6-11/h10-12H,4-9H2,1-3H3. The van der Waals surface area contributed by atoms with E-state index >= 15 is 0 Å². The van der Waals surface area contributed by atoms with Crippen LogP contribution in [0.4, 0.5) is 0 Å².